The van der Waals surface area contributed by atoms with Crippen molar-refractivity contribution < 1.29 is 9.59 Å². The van der Waals surface area contributed by atoms with E-state index in [-0.39, 0.29) is 11.9 Å². The van der Waals surface area contributed by atoms with Crippen molar-refractivity contribution in [3.8, 4) is 0 Å². The molecule has 0 spiro atoms. The highest BCUT2D eigenvalue weighted by Crippen LogP contribution is 2.22. The van der Waals surface area contributed by atoms with Crippen LogP contribution in [0.25, 0.3) is 0 Å². The molecule has 0 radical (unpaired) electrons. The third-order valence-corrected chi connectivity index (χ3v) is 5.60. The summed E-state index contributed by atoms with van der Waals surface area (Å²) >= 11 is 0. The highest BCUT2D eigenvalue weighted by atomic mass is 16.2. The lowest BCUT2D eigenvalue weighted by molar-refractivity contribution is -0.128. The van der Waals surface area contributed by atoms with Gasteiger partial charge in [-0.2, -0.15) is 0 Å². The van der Waals surface area contributed by atoms with Crippen LogP contribution in [0.3, 0.4) is 0 Å². The van der Waals surface area contributed by atoms with E-state index in [2.05, 4.69) is 25.2 Å². The van der Waals surface area contributed by atoms with Crippen LogP contribution in [0.15, 0.2) is 24.3 Å². The van der Waals surface area contributed by atoms with E-state index in [9.17, 15) is 9.59 Å². The molecule has 3 rings (SSSR count). The maximum Gasteiger partial charge on any atom is 0.317 e. The maximum absolute atomic E-state index is 12.4. The molecule has 1 N–H and O–H groups in total. The molecule has 0 aromatic heterocycles. The highest BCUT2D eigenvalue weighted by Gasteiger charge is 2.25. The van der Waals surface area contributed by atoms with Gasteiger partial charge in [-0.25, -0.2) is 4.79 Å². The molecule has 2 atom stereocenters. The van der Waals surface area contributed by atoms with Crippen LogP contribution in [-0.4, -0.2) is 41.4 Å². The molecule has 0 unspecified atom stereocenters. The molecule has 2 saturated heterocycles. The first-order valence-electron chi connectivity index (χ1n) is 9.41. The number of amides is 3. The Kier molecular flexibility index (Phi) is 5.61. The second-order valence-corrected chi connectivity index (χ2v) is 7.59. The molecule has 2 heterocycles. The number of benzene rings is 1. The first-order chi connectivity index (χ1) is 12.0. The van der Waals surface area contributed by atoms with Crippen LogP contribution >= 0.6 is 0 Å². The molecule has 2 aliphatic rings. The standard InChI is InChI=1S/C20H29N3O2/c1-15-8-10-23(13-16(15)2)20(25)21-12-17-5-3-6-18(11-17)14-22-9-4-7-19(22)24/h3,5-6,11,15-16H,4,7-10,12-14H2,1-2H3,(H,21,25)/t15-,16+/m0/s1. The van der Waals surface area contributed by atoms with Gasteiger partial charge in [-0.05, 0) is 35.8 Å². The molecule has 1 aromatic rings. The zero-order chi connectivity index (χ0) is 17.8. The van der Waals surface area contributed by atoms with E-state index in [1.165, 1.54) is 0 Å². The number of nitrogens with one attached hydrogen (secondary N) is 1. The van der Waals surface area contributed by atoms with Crippen LogP contribution in [-0.2, 0) is 17.9 Å². The molecular formula is C20H29N3O2. The highest BCUT2D eigenvalue weighted by molar-refractivity contribution is 5.78. The van der Waals surface area contributed by atoms with Gasteiger partial charge in [-0.3, -0.25) is 4.79 Å². The Labute approximate surface area is 150 Å². The molecule has 2 fully saturated rings. The van der Waals surface area contributed by atoms with E-state index in [4.69, 9.17) is 0 Å². The Morgan fingerprint density at radius 3 is 2.72 bits per heavy atom. The molecule has 1 aromatic carbocycles. The summed E-state index contributed by atoms with van der Waals surface area (Å²) in [5.74, 6) is 1.49. The zero-order valence-corrected chi connectivity index (χ0v) is 15.3. The van der Waals surface area contributed by atoms with Crippen LogP contribution in [0.4, 0.5) is 4.79 Å². The Balaban J connectivity index is 1.52. The molecule has 0 aliphatic carbocycles. The van der Waals surface area contributed by atoms with Crippen LogP contribution in [0.1, 0.15) is 44.2 Å². The van der Waals surface area contributed by atoms with E-state index >= 15 is 0 Å². The number of carbonyl (C=O) groups is 2. The number of rotatable bonds is 4. The van der Waals surface area contributed by atoms with Gasteiger partial charge in [-0.15, -0.1) is 0 Å². The van der Waals surface area contributed by atoms with E-state index < -0.39 is 0 Å². The number of hydrogen-bond donors (Lipinski definition) is 1. The number of carbonyl (C=O) groups excluding carboxylic acids is 2. The smallest absolute Gasteiger partial charge is 0.317 e. The lowest BCUT2D eigenvalue weighted by Crippen LogP contribution is -2.46. The van der Waals surface area contributed by atoms with Gasteiger partial charge in [-0.1, -0.05) is 38.1 Å². The number of hydrogen-bond acceptors (Lipinski definition) is 2. The monoisotopic (exact) mass is 343 g/mol. The molecule has 0 saturated carbocycles. The van der Waals surface area contributed by atoms with Gasteiger partial charge in [0.25, 0.3) is 0 Å². The first kappa shape index (κ1) is 17.8. The fraction of sp³-hybridized carbons (Fsp3) is 0.600. The predicted molar refractivity (Wildman–Crippen MR) is 97.8 cm³/mol. The zero-order valence-electron chi connectivity index (χ0n) is 15.3. The number of urea groups is 1. The van der Waals surface area contributed by atoms with E-state index in [1.807, 2.05) is 28.0 Å². The molecule has 25 heavy (non-hydrogen) atoms. The normalized spacial score (nSPS) is 23.8. The minimum atomic E-state index is 0.0267. The van der Waals surface area contributed by atoms with Crippen LogP contribution in [0.2, 0.25) is 0 Å². The minimum absolute atomic E-state index is 0.0267. The molecule has 3 amide bonds. The maximum atomic E-state index is 12.4. The fourth-order valence-corrected chi connectivity index (χ4v) is 3.67. The van der Waals surface area contributed by atoms with Crippen molar-refractivity contribution in [2.75, 3.05) is 19.6 Å². The van der Waals surface area contributed by atoms with E-state index in [0.717, 1.165) is 43.6 Å². The third kappa shape index (κ3) is 4.53. The largest absolute Gasteiger partial charge is 0.338 e. The second kappa shape index (κ2) is 7.89. The Hall–Kier alpha value is -2.04. The van der Waals surface area contributed by atoms with Gasteiger partial charge in [0, 0.05) is 39.1 Å². The van der Waals surface area contributed by atoms with Crippen molar-refractivity contribution in [2.45, 2.75) is 46.2 Å². The summed E-state index contributed by atoms with van der Waals surface area (Å²) in [5, 5.41) is 3.04. The summed E-state index contributed by atoms with van der Waals surface area (Å²) < 4.78 is 0. The van der Waals surface area contributed by atoms with Gasteiger partial charge >= 0.3 is 6.03 Å². The second-order valence-electron chi connectivity index (χ2n) is 7.59. The van der Waals surface area contributed by atoms with Gasteiger partial charge in [0.1, 0.15) is 0 Å². The van der Waals surface area contributed by atoms with E-state index in [0.29, 0.717) is 31.3 Å². The van der Waals surface area contributed by atoms with Crippen molar-refractivity contribution in [1.29, 1.82) is 0 Å². The minimum Gasteiger partial charge on any atom is -0.338 e. The molecule has 5 nitrogen and oxygen atoms in total. The molecule has 0 bridgehead atoms. The van der Waals surface area contributed by atoms with Crippen molar-refractivity contribution >= 4 is 11.9 Å². The first-order valence-corrected chi connectivity index (χ1v) is 9.41. The average Bonchev–Trinajstić information content (AvgIpc) is 3.00. The summed E-state index contributed by atoms with van der Waals surface area (Å²) in [5.41, 5.74) is 2.21. The molecule has 136 valence electrons. The van der Waals surface area contributed by atoms with Gasteiger partial charge < -0.3 is 15.1 Å². The number of nitrogens with zero attached hydrogens (tertiary/aromatic N) is 2. The van der Waals surface area contributed by atoms with Gasteiger partial charge in [0.2, 0.25) is 5.91 Å². The summed E-state index contributed by atoms with van der Waals surface area (Å²) in [6.45, 7) is 8.21. The van der Waals surface area contributed by atoms with Gasteiger partial charge in [0.05, 0.1) is 0 Å². The lowest BCUT2D eigenvalue weighted by atomic mass is 9.89. The summed E-state index contributed by atoms with van der Waals surface area (Å²) in [6, 6.07) is 8.19. The topological polar surface area (TPSA) is 52.7 Å². The summed E-state index contributed by atoms with van der Waals surface area (Å²) in [6.07, 6.45) is 2.71. The van der Waals surface area contributed by atoms with E-state index in [1.54, 1.807) is 0 Å². The van der Waals surface area contributed by atoms with Gasteiger partial charge in [0.15, 0.2) is 0 Å². The lowest BCUT2D eigenvalue weighted by Gasteiger charge is -2.35. The van der Waals surface area contributed by atoms with Crippen molar-refractivity contribution in [2.24, 2.45) is 11.8 Å². The molecule has 2 aliphatic heterocycles. The van der Waals surface area contributed by atoms with Crippen LogP contribution in [0.5, 0.6) is 0 Å². The van der Waals surface area contributed by atoms with Crippen LogP contribution < -0.4 is 5.32 Å². The van der Waals surface area contributed by atoms with Crippen molar-refractivity contribution in [3.63, 3.8) is 0 Å². The number of piperidine rings is 1. The quantitative estimate of drug-likeness (QED) is 0.914. The summed E-state index contributed by atoms with van der Waals surface area (Å²) in [7, 11) is 0. The molecular weight excluding hydrogens is 314 g/mol. The Morgan fingerprint density at radius 1 is 1.20 bits per heavy atom. The summed E-state index contributed by atoms with van der Waals surface area (Å²) in [4.78, 5) is 28.0. The van der Waals surface area contributed by atoms with Crippen LogP contribution in [0, 0.1) is 11.8 Å². The average molecular weight is 343 g/mol. The predicted octanol–water partition coefficient (Wildman–Crippen LogP) is 3.00. The van der Waals surface area contributed by atoms with Crippen molar-refractivity contribution in [1.82, 2.24) is 15.1 Å². The Morgan fingerprint density at radius 2 is 2.00 bits per heavy atom. The fourth-order valence-electron chi connectivity index (χ4n) is 3.67. The SMILES string of the molecule is C[C@@H]1CN(C(=O)NCc2cccc(CN3CCCC3=O)c2)CC[C@@H]1C. The Bertz CT molecular complexity index is 631. The van der Waals surface area contributed by atoms with Crippen molar-refractivity contribution in [3.05, 3.63) is 35.4 Å². The number of likely N-dealkylation sites (tertiary alicyclic amines) is 2. The third-order valence-electron chi connectivity index (χ3n) is 5.60. The molecule has 5 heteroatoms.